The summed E-state index contributed by atoms with van der Waals surface area (Å²) in [5.74, 6) is 0.679. The number of ether oxygens (including phenoxy) is 1. The van der Waals surface area contributed by atoms with Crippen molar-refractivity contribution in [2.24, 2.45) is 0 Å². The average Bonchev–Trinajstić information content (AvgIpc) is 2.62. The lowest BCUT2D eigenvalue weighted by Gasteiger charge is -2.30. The van der Waals surface area contributed by atoms with Crippen molar-refractivity contribution in [3.8, 4) is 5.75 Å². The number of benzene rings is 2. The molecule has 0 amide bonds. The molecule has 2 aromatic rings. The van der Waals surface area contributed by atoms with Gasteiger partial charge in [-0.15, -0.1) is 11.6 Å². The lowest BCUT2D eigenvalue weighted by Crippen LogP contribution is -2.25. The lowest BCUT2D eigenvalue weighted by molar-refractivity contribution is -0.136. The Hall–Kier alpha value is -1.80. The highest BCUT2D eigenvalue weighted by molar-refractivity contribution is 6.17. The minimum absolute atomic E-state index is 0.134. The third-order valence-electron chi connectivity index (χ3n) is 5.28. The van der Waals surface area contributed by atoms with Gasteiger partial charge in [0.05, 0.1) is 5.92 Å². The van der Waals surface area contributed by atoms with Crippen molar-refractivity contribution in [1.29, 1.82) is 0 Å². The smallest absolute Gasteiger partial charge is 0.318 e. The Balaban J connectivity index is 2.51. The molecule has 0 bridgehead atoms. The zero-order valence-corrected chi connectivity index (χ0v) is 19.9. The summed E-state index contributed by atoms with van der Waals surface area (Å²) in [4.78, 5) is 13.3. The molecule has 0 aliphatic rings. The van der Waals surface area contributed by atoms with Crippen LogP contribution in [0.5, 0.6) is 5.75 Å². The van der Waals surface area contributed by atoms with Crippen LogP contribution in [0.2, 0.25) is 0 Å². The first-order chi connectivity index (χ1) is 13.4. The second kappa shape index (κ2) is 8.92. The fraction of sp³-hybridized carbons (Fsp3) is 0.500. The summed E-state index contributed by atoms with van der Waals surface area (Å²) in [5.41, 5.74) is 5.07. The van der Waals surface area contributed by atoms with Crippen molar-refractivity contribution < 1.29 is 9.53 Å². The highest BCUT2D eigenvalue weighted by atomic mass is 35.5. The monoisotopic (exact) mass is 414 g/mol. The summed E-state index contributed by atoms with van der Waals surface area (Å²) in [6, 6.07) is 12.2. The second-order valence-electron chi connectivity index (χ2n) is 9.95. The van der Waals surface area contributed by atoms with Crippen LogP contribution in [0.4, 0.5) is 0 Å². The van der Waals surface area contributed by atoms with Gasteiger partial charge in [0.2, 0.25) is 0 Å². The van der Waals surface area contributed by atoms with Gasteiger partial charge in [-0.1, -0.05) is 90.4 Å². The van der Waals surface area contributed by atoms with Gasteiger partial charge in [-0.2, -0.15) is 0 Å². The van der Waals surface area contributed by atoms with Crippen LogP contribution in [-0.2, 0) is 21.5 Å². The molecular weight excluding hydrogens is 380 g/mol. The number of carbonyl (C=O) groups excluding carboxylic acids is 1. The molecule has 1 atom stereocenters. The molecule has 0 aromatic heterocycles. The van der Waals surface area contributed by atoms with Gasteiger partial charge in [0.25, 0.3) is 0 Å². The Bertz CT molecular complexity index is 817. The molecule has 0 spiro atoms. The highest BCUT2D eigenvalue weighted by Crippen LogP contribution is 2.41. The summed E-state index contributed by atoms with van der Waals surface area (Å²) in [5, 5.41) is 0. The number of hydrogen-bond donors (Lipinski definition) is 0. The van der Waals surface area contributed by atoms with E-state index in [-0.39, 0.29) is 22.7 Å². The van der Waals surface area contributed by atoms with Crippen molar-refractivity contribution in [3.05, 3.63) is 64.2 Å². The number of rotatable bonds is 5. The molecular formula is C26H35ClO2. The quantitative estimate of drug-likeness (QED) is 0.289. The van der Waals surface area contributed by atoms with E-state index in [2.05, 4.69) is 60.6 Å². The zero-order valence-electron chi connectivity index (χ0n) is 19.2. The van der Waals surface area contributed by atoms with Crippen molar-refractivity contribution in [2.75, 3.05) is 0 Å². The Morgan fingerprint density at radius 3 is 1.83 bits per heavy atom. The Morgan fingerprint density at radius 1 is 0.966 bits per heavy atom. The molecule has 0 aliphatic carbocycles. The molecule has 0 radical (unpaired) electrons. The van der Waals surface area contributed by atoms with Crippen molar-refractivity contribution in [2.45, 2.75) is 84.4 Å². The van der Waals surface area contributed by atoms with Gasteiger partial charge in [0.15, 0.2) is 0 Å². The van der Waals surface area contributed by atoms with Crippen LogP contribution in [-0.4, -0.2) is 5.97 Å². The van der Waals surface area contributed by atoms with E-state index in [0.29, 0.717) is 12.3 Å². The molecule has 0 saturated carbocycles. The third-order valence-corrected chi connectivity index (χ3v) is 5.59. The van der Waals surface area contributed by atoms with Gasteiger partial charge in [0.1, 0.15) is 5.75 Å². The van der Waals surface area contributed by atoms with E-state index in [1.54, 1.807) is 0 Å². The van der Waals surface area contributed by atoms with Crippen LogP contribution in [0.15, 0.2) is 36.4 Å². The minimum Gasteiger partial charge on any atom is -0.425 e. The molecule has 3 heteroatoms. The summed E-state index contributed by atoms with van der Waals surface area (Å²) in [6.45, 7) is 17.1. The minimum atomic E-state index is -0.304. The zero-order chi connectivity index (χ0) is 22.0. The fourth-order valence-corrected chi connectivity index (χ4v) is 3.72. The van der Waals surface area contributed by atoms with Gasteiger partial charge in [-0.25, -0.2) is 0 Å². The largest absolute Gasteiger partial charge is 0.425 e. The molecule has 0 fully saturated rings. The molecule has 0 aliphatic heterocycles. The second-order valence-corrected chi connectivity index (χ2v) is 10.2. The molecule has 0 saturated heterocycles. The van der Waals surface area contributed by atoms with Crippen LogP contribution in [0.25, 0.3) is 0 Å². The Morgan fingerprint density at radius 2 is 1.45 bits per heavy atom. The first-order valence-electron chi connectivity index (χ1n) is 10.4. The summed E-state index contributed by atoms with van der Waals surface area (Å²) in [6.07, 6.45) is 0.681. The third kappa shape index (κ3) is 5.63. The molecule has 0 unspecified atom stereocenters. The summed E-state index contributed by atoms with van der Waals surface area (Å²) < 4.78 is 6.18. The maximum Gasteiger partial charge on any atom is 0.318 e. The Labute approximate surface area is 181 Å². The fourth-order valence-electron chi connectivity index (χ4n) is 3.55. The van der Waals surface area contributed by atoms with E-state index in [1.165, 1.54) is 5.56 Å². The maximum absolute atomic E-state index is 13.3. The topological polar surface area (TPSA) is 26.3 Å². The molecule has 0 N–H and O–H groups in total. The molecule has 2 aromatic carbocycles. The number of carbonyl (C=O) groups is 1. The van der Waals surface area contributed by atoms with E-state index in [9.17, 15) is 4.79 Å². The normalized spacial score (nSPS) is 13.3. The van der Waals surface area contributed by atoms with Gasteiger partial charge in [-0.05, 0) is 35.3 Å². The van der Waals surface area contributed by atoms with Gasteiger partial charge in [-0.3, -0.25) is 4.79 Å². The molecule has 0 heterocycles. The molecule has 2 nitrogen and oxygen atoms in total. The number of hydrogen-bond acceptors (Lipinski definition) is 2. The van der Waals surface area contributed by atoms with Crippen molar-refractivity contribution >= 4 is 17.6 Å². The maximum atomic E-state index is 13.3. The standard InChI is InChI=1S/C26H35ClO2/c1-9-20(19-12-10-18(16-27)11-13-19)24(28)29-23-21(25(3,4)5)14-17(2)15-22(23)26(6,7)8/h10-15,20H,9,16H2,1-8H3/t20-/m0/s1. The summed E-state index contributed by atoms with van der Waals surface area (Å²) in [7, 11) is 0. The highest BCUT2D eigenvalue weighted by Gasteiger charge is 2.30. The lowest BCUT2D eigenvalue weighted by atomic mass is 9.78. The van der Waals surface area contributed by atoms with E-state index >= 15 is 0 Å². The van der Waals surface area contributed by atoms with Crippen molar-refractivity contribution in [3.63, 3.8) is 0 Å². The first-order valence-corrected chi connectivity index (χ1v) is 10.9. The molecule has 158 valence electrons. The van der Waals surface area contributed by atoms with E-state index in [4.69, 9.17) is 16.3 Å². The molecule has 29 heavy (non-hydrogen) atoms. The SMILES string of the molecule is CC[C@H](C(=O)Oc1c(C(C)(C)C)cc(C)cc1C(C)(C)C)c1ccc(CCl)cc1. The van der Waals surface area contributed by atoms with Crippen LogP contribution >= 0.6 is 11.6 Å². The van der Waals surface area contributed by atoms with Crippen LogP contribution < -0.4 is 4.74 Å². The number of halogens is 1. The average molecular weight is 415 g/mol. The van der Waals surface area contributed by atoms with Crippen molar-refractivity contribution in [1.82, 2.24) is 0 Å². The van der Waals surface area contributed by atoms with E-state index < -0.39 is 0 Å². The Kier molecular flexibility index (Phi) is 7.22. The van der Waals surface area contributed by atoms with Crippen LogP contribution in [0.3, 0.4) is 0 Å². The van der Waals surface area contributed by atoms with Crippen LogP contribution in [0, 0.1) is 6.92 Å². The summed E-state index contributed by atoms with van der Waals surface area (Å²) >= 11 is 5.90. The number of aryl methyl sites for hydroxylation is 1. The predicted molar refractivity (Wildman–Crippen MR) is 123 cm³/mol. The first kappa shape index (κ1) is 23.5. The number of esters is 1. The predicted octanol–water partition coefficient (Wildman–Crippen LogP) is 7.43. The molecule has 2 rings (SSSR count). The van der Waals surface area contributed by atoms with E-state index in [0.717, 1.165) is 28.0 Å². The number of alkyl halides is 1. The van der Waals surface area contributed by atoms with Gasteiger partial charge in [0, 0.05) is 17.0 Å². The van der Waals surface area contributed by atoms with Gasteiger partial charge < -0.3 is 4.74 Å². The van der Waals surface area contributed by atoms with Gasteiger partial charge >= 0.3 is 5.97 Å². The van der Waals surface area contributed by atoms with E-state index in [1.807, 2.05) is 31.2 Å². The van der Waals surface area contributed by atoms with Crippen LogP contribution in [0.1, 0.15) is 88.6 Å².